The highest BCUT2D eigenvalue weighted by Crippen LogP contribution is 2.24. The molecule has 3 N–H and O–H groups in total. The summed E-state index contributed by atoms with van der Waals surface area (Å²) in [6.45, 7) is 0.546. The first-order valence-corrected chi connectivity index (χ1v) is 9.10. The van der Waals surface area contributed by atoms with Crippen molar-refractivity contribution in [3.05, 3.63) is 77.0 Å². The number of hydrogen-bond donors (Lipinski definition) is 3. The smallest absolute Gasteiger partial charge is 0.178 e. The molecule has 0 amide bonds. The quantitative estimate of drug-likeness (QED) is 0.341. The van der Waals surface area contributed by atoms with Crippen LogP contribution in [-0.4, -0.2) is 31.6 Å². The van der Waals surface area contributed by atoms with E-state index in [9.17, 15) is 9.50 Å². The number of imidazole rings is 1. The predicted molar refractivity (Wildman–Crippen MR) is 105 cm³/mol. The molecule has 1 atom stereocenters. The Balaban J connectivity index is 1.52. The highest BCUT2D eigenvalue weighted by atomic mass is 35.5. The zero-order valence-corrected chi connectivity index (χ0v) is 15.5. The molecule has 0 radical (unpaired) electrons. The second-order valence-electron chi connectivity index (χ2n) is 6.28. The van der Waals surface area contributed by atoms with Crippen molar-refractivity contribution in [2.45, 2.75) is 12.6 Å². The van der Waals surface area contributed by atoms with Gasteiger partial charge in [-0.15, -0.1) is 0 Å². The third kappa shape index (κ3) is 4.01. The summed E-state index contributed by atoms with van der Waals surface area (Å²) in [5.41, 5.74) is 3.52. The van der Waals surface area contributed by atoms with Crippen LogP contribution in [-0.2, 0) is 6.42 Å². The molecular weight excluding hydrogens is 381 g/mol. The van der Waals surface area contributed by atoms with E-state index in [0.717, 1.165) is 11.1 Å². The number of aliphatic hydroxyl groups is 1. The Bertz CT molecular complexity index is 1100. The van der Waals surface area contributed by atoms with Crippen molar-refractivity contribution in [2.24, 2.45) is 0 Å². The number of halogens is 2. The maximum Gasteiger partial charge on any atom is 0.178 e. The minimum absolute atomic E-state index is 0.311. The number of pyridine rings is 2. The summed E-state index contributed by atoms with van der Waals surface area (Å²) in [5, 5.41) is 14.1. The first-order valence-electron chi connectivity index (χ1n) is 8.72. The number of aromatic nitrogens is 4. The fraction of sp³-hybridized carbons (Fsp3) is 0.150. The Kier molecular flexibility index (Phi) is 5.29. The molecule has 0 fully saturated rings. The Labute approximate surface area is 165 Å². The van der Waals surface area contributed by atoms with Gasteiger partial charge in [0.2, 0.25) is 0 Å². The molecule has 3 aromatic heterocycles. The van der Waals surface area contributed by atoms with E-state index in [-0.39, 0.29) is 5.82 Å². The monoisotopic (exact) mass is 397 g/mol. The number of nitrogens with zero attached hydrogens (tertiary/aromatic N) is 3. The molecule has 3 heterocycles. The summed E-state index contributed by atoms with van der Waals surface area (Å²) in [6, 6.07) is 11.4. The summed E-state index contributed by atoms with van der Waals surface area (Å²) < 4.78 is 13.1. The van der Waals surface area contributed by atoms with Gasteiger partial charge in [-0.25, -0.2) is 19.3 Å². The topological polar surface area (TPSA) is 86.7 Å². The molecule has 0 aliphatic carbocycles. The molecule has 4 rings (SSSR count). The lowest BCUT2D eigenvalue weighted by atomic mass is 10.2. The van der Waals surface area contributed by atoms with Gasteiger partial charge in [-0.05, 0) is 54.4 Å². The predicted octanol–water partition coefficient (Wildman–Crippen LogP) is 3.64. The van der Waals surface area contributed by atoms with Crippen LogP contribution in [0.5, 0.6) is 0 Å². The van der Waals surface area contributed by atoms with Gasteiger partial charge in [0.05, 0.1) is 5.52 Å². The van der Waals surface area contributed by atoms with E-state index in [4.69, 9.17) is 11.6 Å². The molecule has 28 heavy (non-hydrogen) atoms. The number of fused-ring (bicyclic) bond motifs is 1. The molecule has 142 valence electrons. The van der Waals surface area contributed by atoms with E-state index in [2.05, 4.69) is 25.3 Å². The van der Waals surface area contributed by atoms with Gasteiger partial charge in [-0.3, -0.25) is 5.32 Å². The molecule has 1 unspecified atom stereocenters. The van der Waals surface area contributed by atoms with Gasteiger partial charge in [0, 0.05) is 30.1 Å². The van der Waals surface area contributed by atoms with Gasteiger partial charge in [0.25, 0.3) is 0 Å². The maximum absolute atomic E-state index is 13.1. The zero-order valence-electron chi connectivity index (χ0n) is 14.7. The fourth-order valence-corrected chi connectivity index (χ4v) is 3.16. The lowest BCUT2D eigenvalue weighted by molar-refractivity contribution is 0.141. The summed E-state index contributed by atoms with van der Waals surface area (Å²) >= 11 is 5.89. The number of aliphatic hydroxyl groups excluding tert-OH is 1. The number of rotatable bonds is 6. The summed E-state index contributed by atoms with van der Waals surface area (Å²) in [5.74, 6) is 0.252. The first-order chi connectivity index (χ1) is 13.6. The largest absolute Gasteiger partial charge is 0.374 e. The van der Waals surface area contributed by atoms with Crippen LogP contribution in [0.1, 0.15) is 17.4 Å². The van der Waals surface area contributed by atoms with E-state index < -0.39 is 6.23 Å². The van der Waals surface area contributed by atoms with E-state index in [0.29, 0.717) is 40.7 Å². The maximum atomic E-state index is 13.1. The van der Waals surface area contributed by atoms with Crippen LogP contribution in [0.4, 0.5) is 4.39 Å². The molecule has 0 saturated heterocycles. The molecule has 8 heteroatoms. The van der Waals surface area contributed by atoms with Crippen molar-refractivity contribution >= 4 is 22.8 Å². The summed E-state index contributed by atoms with van der Waals surface area (Å²) in [6.07, 6.45) is 3.05. The average molecular weight is 398 g/mol. The minimum atomic E-state index is -0.899. The second kappa shape index (κ2) is 8.02. The van der Waals surface area contributed by atoms with Crippen molar-refractivity contribution in [2.75, 3.05) is 6.54 Å². The van der Waals surface area contributed by atoms with Crippen LogP contribution >= 0.6 is 11.6 Å². The Morgan fingerprint density at radius 2 is 1.89 bits per heavy atom. The van der Waals surface area contributed by atoms with Gasteiger partial charge < -0.3 is 10.1 Å². The van der Waals surface area contributed by atoms with Crippen LogP contribution in [0.3, 0.4) is 0 Å². The van der Waals surface area contributed by atoms with E-state index in [1.54, 1.807) is 36.7 Å². The Hall–Kier alpha value is -2.87. The molecule has 0 spiro atoms. The number of H-pyrrole nitrogens is 1. The molecule has 0 aliphatic heterocycles. The van der Waals surface area contributed by atoms with Crippen molar-refractivity contribution < 1.29 is 9.50 Å². The lowest BCUT2D eigenvalue weighted by Crippen LogP contribution is -2.23. The Morgan fingerprint density at radius 1 is 1.11 bits per heavy atom. The van der Waals surface area contributed by atoms with E-state index in [1.165, 1.54) is 12.1 Å². The third-order valence-electron chi connectivity index (χ3n) is 4.38. The summed E-state index contributed by atoms with van der Waals surface area (Å²) in [7, 11) is 0. The van der Waals surface area contributed by atoms with Crippen molar-refractivity contribution in [3.63, 3.8) is 0 Å². The molecule has 0 saturated carbocycles. The van der Waals surface area contributed by atoms with Crippen molar-refractivity contribution in [3.8, 4) is 11.4 Å². The van der Waals surface area contributed by atoms with Gasteiger partial charge in [-0.1, -0.05) is 11.6 Å². The zero-order chi connectivity index (χ0) is 19.5. The molecule has 0 aliphatic rings. The van der Waals surface area contributed by atoms with Crippen LogP contribution in [0.25, 0.3) is 22.6 Å². The van der Waals surface area contributed by atoms with Gasteiger partial charge >= 0.3 is 0 Å². The number of benzene rings is 1. The van der Waals surface area contributed by atoms with Gasteiger partial charge in [0.15, 0.2) is 5.65 Å². The first kappa shape index (κ1) is 18.5. The molecular formula is C20H17ClFN5O. The molecule has 1 aromatic carbocycles. The van der Waals surface area contributed by atoms with Gasteiger partial charge in [-0.2, -0.15) is 0 Å². The van der Waals surface area contributed by atoms with Crippen molar-refractivity contribution in [1.82, 2.24) is 25.3 Å². The highest BCUT2D eigenvalue weighted by Gasteiger charge is 2.15. The fourth-order valence-electron chi connectivity index (χ4n) is 2.96. The van der Waals surface area contributed by atoms with Crippen LogP contribution in [0.2, 0.25) is 5.15 Å². The van der Waals surface area contributed by atoms with E-state index >= 15 is 0 Å². The SMILES string of the molecule is OC(NCCc1ccnc(Cl)c1)c1ccnc2nc(-c3ccc(F)cc3)[nH]c12. The molecule has 4 aromatic rings. The molecule has 6 nitrogen and oxygen atoms in total. The summed E-state index contributed by atoms with van der Waals surface area (Å²) in [4.78, 5) is 15.8. The average Bonchev–Trinajstić information content (AvgIpc) is 3.12. The number of aromatic amines is 1. The van der Waals surface area contributed by atoms with E-state index in [1.807, 2.05) is 6.07 Å². The highest BCUT2D eigenvalue weighted by molar-refractivity contribution is 6.29. The van der Waals surface area contributed by atoms with Crippen LogP contribution < -0.4 is 5.32 Å². The minimum Gasteiger partial charge on any atom is -0.374 e. The van der Waals surface area contributed by atoms with Crippen molar-refractivity contribution in [1.29, 1.82) is 0 Å². The lowest BCUT2D eigenvalue weighted by Gasteiger charge is -2.13. The molecule has 0 bridgehead atoms. The van der Waals surface area contributed by atoms with Gasteiger partial charge in [0.1, 0.15) is 23.0 Å². The van der Waals surface area contributed by atoms with Crippen LogP contribution in [0.15, 0.2) is 54.9 Å². The normalized spacial score (nSPS) is 12.4. The standard InChI is InChI=1S/C20H17ClFN5O/c21-16-11-12(5-8-23-16)6-9-25-20(28)15-7-10-24-19-17(15)26-18(27-19)13-1-3-14(22)4-2-13/h1-5,7-8,10-11,20,25,28H,6,9H2,(H,24,26,27). The Morgan fingerprint density at radius 3 is 2.68 bits per heavy atom. The van der Waals surface area contributed by atoms with Crippen LogP contribution in [0, 0.1) is 5.82 Å². The number of hydrogen-bond acceptors (Lipinski definition) is 5. The third-order valence-corrected chi connectivity index (χ3v) is 4.59. The number of nitrogens with one attached hydrogen (secondary N) is 2. The second-order valence-corrected chi connectivity index (χ2v) is 6.67.